The quantitative estimate of drug-likeness (QED) is 0.437. The van der Waals surface area contributed by atoms with Crippen molar-refractivity contribution in [1.29, 1.82) is 0 Å². The maximum atomic E-state index is 13.0. The molecule has 0 aliphatic heterocycles. The molecule has 4 aromatic rings. The standard InChI is InChI=1S/C24H20ClN5O2/c1-2-22-21(15-27-30(22)20-8-3-5-17(25)13-20)24(32)29-19-7-4-6-18(14-19)28-23(31)16-9-11-26-12-10-16/h3-15H,2H2,1H3,(H,28,31)(H,29,32). The first-order valence-corrected chi connectivity index (χ1v) is 10.4. The zero-order chi connectivity index (χ0) is 22.5. The van der Waals surface area contributed by atoms with Crippen molar-refractivity contribution in [2.24, 2.45) is 0 Å². The van der Waals surface area contributed by atoms with E-state index in [9.17, 15) is 9.59 Å². The number of amides is 2. The van der Waals surface area contributed by atoms with Crippen molar-refractivity contribution in [1.82, 2.24) is 14.8 Å². The third-order valence-electron chi connectivity index (χ3n) is 4.82. The summed E-state index contributed by atoms with van der Waals surface area (Å²) in [7, 11) is 0. The Hall–Kier alpha value is -3.97. The van der Waals surface area contributed by atoms with E-state index >= 15 is 0 Å². The molecule has 0 unspecified atom stereocenters. The van der Waals surface area contributed by atoms with Crippen LogP contribution < -0.4 is 10.6 Å². The Kier molecular flexibility index (Phi) is 6.28. The third-order valence-corrected chi connectivity index (χ3v) is 5.06. The predicted molar refractivity (Wildman–Crippen MR) is 125 cm³/mol. The summed E-state index contributed by atoms with van der Waals surface area (Å²) in [6, 6.07) is 17.5. The molecule has 0 radical (unpaired) electrons. The molecule has 7 nitrogen and oxygen atoms in total. The third kappa shape index (κ3) is 4.68. The smallest absolute Gasteiger partial charge is 0.259 e. The topological polar surface area (TPSA) is 88.9 Å². The summed E-state index contributed by atoms with van der Waals surface area (Å²) in [5.41, 5.74) is 3.64. The molecule has 0 fully saturated rings. The molecule has 2 aromatic carbocycles. The van der Waals surface area contributed by atoms with Crippen LogP contribution in [0.15, 0.2) is 79.3 Å². The van der Waals surface area contributed by atoms with Gasteiger partial charge in [0.25, 0.3) is 11.8 Å². The molecule has 0 bridgehead atoms. The van der Waals surface area contributed by atoms with E-state index in [4.69, 9.17) is 11.6 Å². The minimum absolute atomic E-state index is 0.257. The first-order chi connectivity index (χ1) is 15.5. The number of hydrogen-bond acceptors (Lipinski definition) is 4. The molecule has 32 heavy (non-hydrogen) atoms. The largest absolute Gasteiger partial charge is 0.322 e. The highest BCUT2D eigenvalue weighted by molar-refractivity contribution is 6.30. The number of benzene rings is 2. The van der Waals surface area contributed by atoms with Gasteiger partial charge in [-0.15, -0.1) is 0 Å². The maximum Gasteiger partial charge on any atom is 0.259 e. The highest BCUT2D eigenvalue weighted by Gasteiger charge is 2.18. The molecule has 0 spiro atoms. The first-order valence-electron chi connectivity index (χ1n) is 10.0. The summed E-state index contributed by atoms with van der Waals surface area (Å²) in [6.07, 6.45) is 5.27. The fraction of sp³-hybridized carbons (Fsp3) is 0.0833. The van der Waals surface area contributed by atoms with E-state index in [2.05, 4.69) is 20.7 Å². The van der Waals surface area contributed by atoms with Crippen LogP contribution in [0, 0.1) is 0 Å². The van der Waals surface area contributed by atoms with Gasteiger partial charge in [0.05, 0.1) is 23.1 Å². The molecule has 8 heteroatoms. The summed E-state index contributed by atoms with van der Waals surface area (Å²) in [5.74, 6) is -0.542. The number of aromatic nitrogens is 3. The number of halogens is 1. The molecule has 4 rings (SSSR count). The van der Waals surface area contributed by atoms with Gasteiger partial charge in [-0.1, -0.05) is 30.7 Å². The normalized spacial score (nSPS) is 10.6. The molecule has 2 aromatic heterocycles. The maximum absolute atomic E-state index is 13.0. The number of hydrogen-bond donors (Lipinski definition) is 2. The number of anilines is 2. The fourth-order valence-corrected chi connectivity index (χ4v) is 3.50. The van der Waals surface area contributed by atoms with E-state index in [0.29, 0.717) is 33.9 Å². The lowest BCUT2D eigenvalue weighted by Gasteiger charge is -2.10. The number of rotatable bonds is 6. The molecule has 2 N–H and O–H groups in total. The van der Waals surface area contributed by atoms with Gasteiger partial charge in [0.15, 0.2) is 0 Å². The lowest BCUT2D eigenvalue weighted by atomic mass is 10.1. The lowest BCUT2D eigenvalue weighted by Crippen LogP contribution is -2.15. The van der Waals surface area contributed by atoms with Crippen LogP contribution >= 0.6 is 11.6 Å². The number of carbonyl (C=O) groups excluding carboxylic acids is 2. The van der Waals surface area contributed by atoms with Gasteiger partial charge in [0.2, 0.25) is 0 Å². The molecular formula is C24H20ClN5O2. The number of nitrogens with one attached hydrogen (secondary N) is 2. The van der Waals surface area contributed by atoms with Crippen LogP contribution in [0.4, 0.5) is 11.4 Å². The van der Waals surface area contributed by atoms with E-state index in [-0.39, 0.29) is 11.8 Å². The Balaban J connectivity index is 1.52. The zero-order valence-corrected chi connectivity index (χ0v) is 18.0. The minimum atomic E-state index is -0.285. The van der Waals surface area contributed by atoms with Crippen molar-refractivity contribution < 1.29 is 9.59 Å². The minimum Gasteiger partial charge on any atom is -0.322 e. The second-order valence-corrected chi connectivity index (χ2v) is 7.41. The van der Waals surface area contributed by atoms with Crippen molar-refractivity contribution >= 4 is 34.8 Å². The molecular weight excluding hydrogens is 426 g/mol. The second-order valence-electron chi connectivity index (χ2n) is 6.98. The van der Waals surface area contributed by atoms with Gasteiger partial charge in [-0.3, -0.25) is 14.6 Å². The van der Waals surface area contributed by atoms with Crippen LogP contribution in [0.1, 0.15) is 33.3 Å². The predicted octanol–water partition coefficient (Wildman–Crippen LogP) is 4.99. The molecule has 0 saturated heterocycles. The lowest BCUT2D eigenvalue weighted by molar-refractivity contribution is 0.101. The highest BCUT2D eigenvalue weighted by atomic mass is 35.5. The van der Waals surface area contributed by atoms with Gasteiger partial charge < -0.3 is 10.6 Å². The highest BCUT2D eigenvalue weighted by Crippen LogP contribution is 2.21. The Bertz CT molecular complexity index is 1270. The van der Waals surface area contributed by atoms with Gasteiger partial charge in [-0.25, -0.2) is 4.68 Å². The van der Waals surface area contributed by atoms with Crippen LogP contribution in [-0.2, 0) is 6.42 Å². The van der Waals surface area contributed by atoms with Gasteiger partial charge in [-0.05, 0) is 55.0 Å². The molecule has 2 heterocycles. The van der Waals surface area contributed by atoms with Crippen molar-refractivity contribution in [3.63, 3.8) is 0 Å². The van der Waals surface area contributed by atoms with Crippen molar-refractivity contribution in [3.05, 3.63) is 101 Å². The molecule has 2 amide bonds. The average Bonchev–Trinajstić information content (AvgIpc) is 3.24. The van der Waals surface area contributed by atoms with Crippen LogP contribution in [0.3, 0.4) is 0 Å². The summed E-state index contributed by atoms with van der Waals surface area (Å²) < 4.78 is 1.71. The van der Waals surface area contributed by atoms with Crippen molar-refractivity contribution in [2.75, 3.05) is 10.6 Å². The summed E-state index contributed by atoms with van der Waals surface area (Å²) in [4.78, 5) is 29.3. The average molecular weight is 446 g/mol. The summed E-state index contributed by atoms with van der Waals surface area (Å²) in [5, 5.41) is 10.7. The van der Waals surface area contributed by atoms with E-state index in [0.717, 1.165) is 11.4 Å². The fourth-order valence-electron chi connectivity index (χ4n) is 3.31. The van der Waals surface area contributed by atoms with Gasteiger partial charge in [0.1, 0.15) is 0 Å². The van der Waals surface area contributed by atoms with Gasteiger partial charge in [0, 0.05) is 34.4 Å². The molecule has 0 saturated carbocycles. The molecule has 0 aliphatic carbocycles. The second kappa shape index (κ2) is 9.45. The Labute approximate surface area is 190 Å². The van der Waals surface area contributed by atoms with E-state index in [1.165, 1.54) is 0 Å². The van der Waals surface area contributed by atoms with Crippen LogP contribution in [0.2, 0.25) is 5.02 Å². The number of nitrogens with zero attached hydrogens (tertiary/aromatic N) is 3. The molecule has 0 aliphatic rings. The number of carbonyl (C=O) groups is 2. The molecule has 0 atom stereocenters. The Morgan fingerprint density at radius 1 is 0.938 bits per heavy atom. The van der Waals surface area contributed by atoms with Crippen molar-refractivity contribution in [2.45, 2.75) is 13.3 Å². The van der Waals surface area contributed by atoms with E-state index in [1.807, 2.05) is 19.1 Å². The van der Waals surface area contributed by atoms with E-state index in [1.54, 1.807) is 71.8 Å². The van der Waals surface area contributed by atoms with Crippen LogP contribution in [0.5, 0.6) is 0 Å². The van der Waals surface area contributed by atoms with Crippen LogP contribution in [-0.4, -0.2) is 26.6 Å². The van der Waals surface area contributed by atoms with Crippen molar-refractivity contribution in [3.8, 4) is 5.69 Å². The Morgan fingerprint density at radius 2 is 1.62 bits per heavy atom. The van der Waals surface area contributed by atoms with E-state index < -0.39 is 0 Å². The van der Waals surface area contributed by atoms with Crippen LogP contribution in [0.25, 0.3) is 5.69 Å². The first kappa shape index (κ1) is 21.3. The van der Waals surface area contributed by atoms with Gasteiger partial charge in [-0.2, -0.15) is 5.10 Å². The SMILES string of the molecule is CCc1c(C(=O)Nc2cccc(NC(=O)c3ccncc3)c2)cnn1-c1cccc(Cl)c1. The summed E-state index contributed by atoms with van der Waals surface area (Å²) >= 11 is 6.10. The zero-order valence-electron chi connectivity index (χ0n) is 17.2. The Morgan fingerprint density at radius 3 is 2.31 bits per heavy atom. The van der Waals surface area contributed by atoms with Gasteiger partial charge >= 0.3 is 0 Å². The monoisotopic (exact) mass is 445 g/mol. The molecule has 160 valence electrons. The summed E-state index contributed by atoms with van der Waals surface area (Å²) in [6.45, 7) is 1.96. The number of pyridine rings is 1.